The van der Waals surface area contributed by atoms with E-state index in [1.165, 1.54) is 13.0 Å². The monoisotopic (exact) mass is 191 g/mol. The minimum Gasteiger partial charge on any atom is -0.380 e. The third-order valence-electron chi connectivity index (χ3n) is 2.68. The molecule has 1 fully saturated rings. The van der Waals surface area contributed by atoms with Gasteiger partial charge in [-0.2, -0.15) is 0 Å². The first-order valence-corrected chi connectivity index (χ1v) is 5.12. The Kier molecular flexibility index (Phi) is 4.33. The maximum absolute atomic E-state index is 5.68. The number of rotatable bonds is 3. The number of piperidine rings is 1. The van der Waals surface area contributed by atoms with Gasteiger partial charge in [0, 0.05) is 26.1 Å². The first kappa shape index (κ1) is 10.3. The van der Waals surface area contributed by atoms with Gasteiger partial charge in [0.05, 0.1) is 6.10 Å². The van der Waals surface area contributed by atoms with Crippen LogP contribution in [0, 0.1) is 5.92 Å². The molecule has 0 aliphatic carbocycles. The van der Waals surface area contributed by atoms with E-state index >= 15 is 0 Å². The number of hydrogen-bond acceptors (Lipinski definition) is 2. The molecule has 0 spiro atoms. The molecule has 3 heteroatoms. The maximum atomic E-state index is 5.68. The van der Waals surface area contributed by atoms with E-state index in [4.69, 9.17) is 16.3 Å². The number of nitrogens with zero attached hydrogens (tertiary/aromatic N) is 1. The average molecular weight is 192 g/mol. The van der Waals surface area contributed by atoms with Gasteiger partial charge in [-0.3, -0.25) is 4.90 Å². The highest BCUT2D eigenvalue weighted by molar-refractivity contribution is 6.18. The molecular formula is C9H18ClNO. The SMILES string of the molecule is COC1CN(CCCl)CCC1C. The Hall–Kier alpha value is 0.210. The zero-order valence-corrected chi connectivity index (χ0v) is 8.68. The normalized spacial score (nSPS) is 32.2. The molecule has 0 bridgehead atoms. The van der Waals surface area contributed by atoms with Gasteiger partial charge in [-0.1, -0.05) is 6.92 Å². The lowest BCUT2D eigenvalue weighted by atomic mass is 9.96. The first-order chi connectivity index (χ1) is 5.77. The van der Waals surface area contributed by atoms with Crippen LogP contribution in [0.2, 0.25) is 0 Å². The molecule has 1 aliphatic rings. The Labute approximate surface area is 79.8 Å². The van der Waals surface area contributed by atoms with Gasteiger partial charge in [-0.15, -0.1) is 11.6 Å². The van der Waals surface area contributed by atoms with Crippen LogP contribution < -0.4 is 0 Å². The quantitative estimate of drug-likeness (QED) is 0.629. The molecule has 0 saturated carbocycles. The van der Waals surface area contributed by atoms with Crippen molar-refractivity contribution in [1.29, 1.82) is 0 Å². The summed E-state index contributed by atoms with van der Waals surface area (Å²) in [6, 6.07) is 0. The molecule has 0 aromatic carbocycles. The summed E-state index contributed by atoms with van der Waals surface area (Å²) in [6.07, 6.45) is 1.64. The third-order valence-corrected chi connectivity index (χ3v) is 2.85. The van der Waals surface area contributed by atoms with Crippen molar-refractivity contribution in [3.8, 4) is 0 Å². The summed E-state index contributed by atoms with van der Waals surface area (Å²) in [4.78, 5) is 2.38. The van der Waals surface area contributed by atoms with E-state index in [1.807, 2.05) is 0 Å². The van der Waals surface area contributed by atoms with Crippen LogP contribution in [0.25, 0.3) is 0 Å². The molecule has 0 radical (unpaired) electrons. The van der Waals surface area contributed by atoms with Gasteiger partial charge in [-0.25, -0.2) is 0 Å². The fourth-order valence-corrected chi connectivity index (χ4v) is 1.97. The highest BCUT2D eigenvalue weighted by Crippen LogP contribution is 2.18. The van der Waals surface area contributed by atoms with Crippen LogP contribution in [0.15, 0.2) is 0 Å². The molecule has 2 unspecified atom stereocenters. The Balaban J connectivity index is 2.33. The fraction of sp³-hybridized carbons (Fsp3) is 1.00. The summed E-state index contributed by atoms with van der Waals surface area (Å²) in [5.74, 6) is 1.42. The van der Waals surface area contributed by atoms with Gasteiger partial charge < -0.3 is 4.74 Å². The fourth-order valence-electron chi connectivity index (χ4n) is 1.73. The van der Waals surface area contributed by atoms with Crippen molar-refractivity contribution in [3.05, 3.63) is 0 Å². The summed E-state index contributed by atoms with van der Waals surface area (Å²) in [5.41, 5.74) is 0. The smallest absolute Gasteiger partial charge is 0.0724 e. The minimum absolute atomic E-state index is 0.405. The number of likely N-dealkylation sites (tertiary alicyclic amines) is 1. The van der Waals surface area contributed by atoms with Crippen LogP contribution in [0.1, 0.15) is 13.3 Å². The molecule has 72 valence electrons. The summed E-state index contributed by atoms with van der Waals surface area (Å²) in [6.45, 7) is 5.47. The molecule has 1 saturated heterocycles. The molecule has 0 aromatic rings. The molecule has 0 aromatic heterocycles. The largest absolute Gasteiger partial charge is 0.380 e. The van der Waals surface area contributed by atoms with Gasteiger partial charge in [0.25, 0.3) is 0 Å². The van der Waals surface area contributed by atoms with Crippen molar-refractivity contribution < 1.29 is 4.74 Å². The van der Waals surface area contributed by atoms with Crippen LogP contribution >= 0.6 is 11.6 Å². The molecule has 0 N–H and O–H groups in total. The van der Waals surface area contributed by atoms with Crippen LogP contribution in [0.3, 0.4) is 0 Å². The topological polar surface area (TPSA) is 12.5 Å². The number of ether oxygens (including phenoxy) is 1. The van der Waals surface area contributed by atoms with E-state index in [9.17, 15) is 0 Å². The molecule has 0 amide bonds. The van der Waals surface area contributed by atoms with Crippen molar-refractivity contribution in [2.45, 2.75) is 19.4 Å². The zero-order chi connectivity index (χ0) is 8.97. The Bertz CT molecular complexity index is 132. The highest BCUT2D eigenvalue weighted by atomic mass is 35.5. The number of hydrogen-bond donors (Lipinski definition) is 0. The second kappa shape index (κ2) is 5.05. The van der Waals surface area contributed by atoms with E-state index in [0.29, 0.717) is 12.0 Å². The Morgan fingerprint density at radius 1 is 1.58 bits per heavy atom. The second-order valence-electron chi connectivity index (χ2n) is 3.53. The predicted octanol–water partition coefficient (Wildman–Crippen LogP) is 1.58. The lowest BCUT2D eigenvalue weighted by molar-refractivity contribution is -0.00294. The molecule has 1 heterocycles. The van der Waals surface area contributed by atoms with E-state index in [1.54, 1.807) is 7.11 Å². The Morgan fingerprint density at radius 2 is 2.33 bits per heavy atom. The van der Waals surface area contributed by atoms with Gasteiger partial charge >= 0.3 is 0 Å². The van der Waals surface area contributed by atoms with Gasteiger partial charge in [0.1, 0.15) is 0 Å². The molecule has 1 rings (SSSR count). The third kappa shape index (κ3) is 2.61. The lowest BCUT2D eigenvalue weighted by Crippen LogP contribution is -2.44. The molecular weight excluding hydrogens is 174 g/mol. The van der Waals surface area contributed by atoms with Gasteiger partial charge in [0.15, 0.2) is 0 Å². The second-order valence-corrected chi connectivity index (χ2v) is 3.91. The zero-order valence-electron chi connectivity index (χ0n) is 7.92. The van der Waals surface area contributed by atoms with Crippen molar-refractivity contribution in [2.24, 2.45) is 5.92 Å². The molecule has 2 nitrogen and oxygen atoms in total. The molecule has 2 atom stereocenters. The highest BCUT2D eigenvalue weighted by Gasteiger charge is 2.25. The summed E-state index contributed by atoms with van der Waals surface area (Å²) in [5, 5.41) is 0. The van der Waals surface area contributed by atoms with E-state index in [0.717, 1.165) is 19.0 Å². The summed E-state index contributed by atoms with van der Waals surface area (Å²) >= 11 is 5.68. The first-order valence-electron chi connectivity index (χ1n) is 4.59. The van der Waals surface area contributed by atoms with Crippen molar-refractivity contribution in [3.63, 3.8) is 0 Å². The summed E-state index contributed by atoms with van der Waals surface area (Å²) in [7, 11) is 1.80. The van der Waals surface area contributed by atoms with Gasteiger partial charge in [0.2, 0.25) is 0 Å². The maximum Gasteiger partial charge on any atom is 0.0724 e. The standard InChI is InChI=1S/C9H18ClNO/c1-8-3-5-11(6-4-10)7-9(8)12-2/h8-9H,3-7H2,1-2H3. The Morgan fingerprint density at radius 3 is 2.92 bits per heavy atom. The number of alkyl halides is 1. The number of methoxy groups -OCH3 is 1. The van der Waals surface area contributed by atoms with Crippen LogP contribution in [-0.4, -0.2) is 43.6 Å². The van der Waals surface area contributed by atoms with Crippen molar-refractivity contribution in [2.75, 3.05) is 32.6 Å². The molecule has 1 aliphatic heterocycles. The minimum atomic E-state index is 0.405. The van der Waals surface area contributed by atoms with E-state index in [-0.39, 0.29) is 0 Å². The molecule has 12 heavy (non-hydrogen) atoms. The number of halogens is 1. The van der Waals surface area contributed by atoms with Crippen LogP contribution in [0.4, 0.5) is 0 Å². The van der Waals surface area contributed by atoms with Crippen LogP contribution in [-0.2, 0) is 4.74 Å². The lowest BCUT2D eigenvalue weighted by Gasteiger charge is -2.35. The van der Waals surface area contributed by atoms with E-state index < -0.39 is 0 Å². The van der Waals surface area contributed by atoms with Crippen molar-refractivity contribution >= 4 is 11.6 Å². The van der Waals surface area contributed by atoms with Crippen molar-refractivity contribution in [1.82, 2.24) is 4.90 Å². The average Bonchev–Trinajstić information content (AvgIpc) is 2.09. The summed E-state index contributed by atoms with van der Waals surface area (Å²) < 4.78 is 5.40. The van der Waals surface area contributed by atoms with Crippen LogP contribution in [0.5, 0.6) is 0 Å². The van der Waals surface area contributed by atoms with E-state index in [2.05, 4.69) is 11.8 Å². The predicted molar refractivity (Wildman–Crippen MR) is 51.7 cm³/mol. The van der Waals surface area contributed by atoms with Gasteiger partial charge in [-0.05, 0) is 18.9 Å².